The molecule has 4 aromatic carbocycles. The molecule has 0 bridgehead atoms. The number of aromatic amines is 1. The Hall–Kier alpha value is -6.36. The Labute approximate surface area is 526 Å². The number of nitrogens with zero attached hydrogens (tertiary/aromatic N) is 2. The minimum atomic E-state index is -5.87. The number of carbonyl (C=O) groups is 1. The van der Waals surface area contributed by atoms with E-state index in [9.17, 15) is 79.0 Å². The van der Waals surface area contributed by atoms with Crippen molar-refractivity contribution >= 4 is 66.8 Å². The molecule has 8 N–H and O–H groups in total. The van der Waals surface area contributed by atoms with Crippen molar-refractivity contribution in [2.75, 3.05) is 13.7 Å². The van der Waals surface area contributed by atoms with Crippen molar-refractivity contribution in [2.24, 2.45) is 17.3 Å². The lowest BCUT2D eigenvalue weighted by Crippen LogP contribution is -2.35. The first kappa shape index (κ1) is 70.0. The van der Waals surface area contributed by atoms with E-state index < -0.39 is 136 Å². The van der Waals surface area contributed by atoms with Crippen molar-refractivity contribution in [1.29, 1.82) is 0 Å². The van der Waals surface area contributed by atoms with E-state index in [1.54, 1.807) is 51.1 Å². The Kier molecular flexibility index (Phi) is 18.8. The molecule has 0 spiro atoms. The number of aliphatic hydroxyl groups excluding tert-OH is 1. The van der Waals surface area contributed by atoms with E-state index in [2.05, 4.69) is 30.0 Å². The van der Waals surface area contributed by atoms with Crippen LogP contribution in [0.25, 0.3) is 11.6 Å². The van der Waals surface area contributed by atoms with Crippen molar-refractivity contribution in [2.45, 2.75) is 140 Å². The zero-order valence-corrected chi connectivity index (χ0v) is 55.2. The van der Waals surface area contributed by atoms with Gasteiger partial charge in [0.15, 0.2) is 17.3 Å². The van der Waals surface area contributed by atoms with E-state index in [0.29, 0.717) is 27.8 Å². The Bertz CT molecular complexity index is 4640. The quantitative estimate of drug-likeness (QED) is 0.00973. The first-order valence-electron chi connectivity index (χ1n) is 28.2. The number of hydrogen-bond acceptors (Lipinski definition) is 20. The smallest absolute Gasteiger partial charge is 0.490 e. The summed E-state index contributed by atoms with van der Waals surface area (Å²) >= 11 is 0. The van der Waals surface area contributed by atoms with Crippen molar-refractivity contribution in [1.82, 2.24) is 9.55 Å². The van der Waals surface area contributed by atoms with Gasteiger partial charge in [0.2, 0.25) is 0 Å². The van der Waals surface area contributed by atoms with Gasteiger partial charge in [-0.15, -0.1) is 0 Å². The standard InChI is InChI=1S/C58H66N3O26P3S2/c1-29-19-35-40(57(29,6)7)22-38-48(39-23-41-36(20-30(2)58(41,8)9)52(92(78,79)80)50(39)85-49(38)51(35)91(75,76)77)32-17-15-31(16-18-32)43(62)14-12-11-13-33-21-42(61(66)67)37(24-45(33)81-10)53(56(3,4)5)82-27-34-26-60(55(65)59-54(34)64)47-25-44(63)46(84-47)28-83-89(71,72)87-90(73,74)86-88(68,69)70/h15-19,21-24,26,29-30,44,46-47,53,63H,12,14,20,25,27-28H2,1-10H3,(H,71,72)(H,73,74)(H,59,64,65)(H2,68,69,70)(H,75,76,77)(H,78,79,80)/t29?,30?,44?,46-,47-,53-/m1/s1. The van der Waals surface area contributed by atoms with E-state index in [4.69, 9.17) is 28.7 Å². The SMILES string of the molecule is COc1cc([C@@H](OCc2cn([C@H]3CC(O)[C@@H](COP(=O)(O)OP(=O)(O)OP(=O)(O)O)O3)c(=O)[nH]c2=O)C(C)(C)C)c([N+](=O)[O-])cc1C#CCCC(=O)c1ccc(C2=c3cc4c(c(S(=O)(=O)O)c3Oc3c2cc2c(c3S(=O)(=O)O)CC(C)C2(C)C)=CC(C)C4(C)C)cc1. The second kappa shape index (κ2) is 24.8. The molecule has 4 aliphatic rings. The summed E-state index contributed by atoms with van der Waals surface area (Å²) in [6.07, 6.45) is -3.32. The van der Waals surface area contributed by atoms with Crippen LogP contribution >= 0.6 is 23.5 Å². The van der Waals surface area contributed by atoms with Crippen LogP contribution in [0.3, 0.4) is 0 Å². The molecule has 8 atom stereocenters. The largest absolute Gasteiger partial charge is 0.495 e. The number of nitrogens with one attached hydrogen (secondary N) is 1. The normalized spacial score (nSPS) is 21.4. The highest BCUT2D eigenvalue weighted by atomic mass is 32.2. The summed E-state index contributed by atoms with van der Waals surface area (Å²) in [6.45, 7) is 15.0. The first-order valence-corrected chi connectivity index (χ1v) is 35.6. The summed E-state index contributed by atoms with van der Waals surface area (Å²) in [5.41, 5.74) is -2.18. The molecule has 9 rings (SSSR count). The van der Waals surface area contributed by atoms with E-state index in [-0.39, 0.29) is 92.4 Å². The summed E-state index contributed by atoms with van der Waals surface area (Å²) in [5, 5.41) is 23.9. The molecule has 496 valence electrons. The van der Waals surface area contributed by atoms with Gasteiger partial charge in [-0.2, -0.15) is 25.5 Å². The third-order valence-corrected chi connectivity index (χ3v) is 22.8. The molecule has 5 aromatic rings. The number of fused-ring (bicyclic) bond motifs is 4. The highest BCUT2D eigenvalue weighted by Gasteiger charge is 2.47. The summed E-state index contributed by atoms with van der Waals surface area (Å²) in [5.74, 6) is 4.43. The second-order valence-corrected chi connectivity index (χ2v) is 32.1. The number of nitro groups is 1. The van der Waals surface area contributed by atoms with Gasteiger partial charge >= 0.3 is 29.2 Å². The maximum atomic E-state index is 13.9. The summed E-state index contributed by atoms with van der Waals surface area (Å²) in [4.78, 5) is 90.2. The van der Waals surface area contributed by atoms with Gasteiger partial charge in [0, 0.05) is 53.4 Å². The van der Waals surface area contributed by atoms with Crippen LogP contribution in [0.1, 0.15) is 149 Å². The number of rotatable bonds is 20. The van der Waals surface area contributed by atoms with Gasteiger partial charge in [0.25, 0.3) is 31.5 Å². The van der Waals surface area contributed by atoms with Crippen LogP contribution in [0.5, 0.6) is 17.2 Å². The van der Waals surface area contributed by atoms with Crippen molar-refractivity contribution < 1.29 is 106 Å². The van der Waals surface area contributed by atoms with Crippen LogP contribution in [-0.4, -0.2) is 96.8 Å². The van der Waals surface area contributed by atoms with E-state index in [1.807, 2.05) is 41.5 Å². The maximum absolute atomic E-state index is 13.9. The van der Waals surface area contributed by atoms with Crippen LogP contribution in [-0.2, 0) is 80.4 Å². The van der Waals surface area contributed by atoms with Crippen LogP contribution in [0.15, 0.2) is 74.1 Å². The number of methoxy groups -OCH3 is 1. The number of H-pyrrole nitrogens is 1. The van der Waals surface area contributed by atoms with Crippen molar-refractivity contribution in [3.63, 3.8) is 0 Å². The van der Waals surface area contributed by atoms with Crippen LogP contribution in [0.2, 0.25) is 0 Å². The number of phosphoric ester groups is 1. The third kappa shape index (κ3) is 14.0. The Morgan fingerprint density at radius 2 is 1.57 bits per heavy atom. The average Bonchev–Trinajstić information content (AvgIpc) is 1.13. The fraction of sp³-hybridized carbons (Fsp3) is 0.431. The van der Waals surface area contributed by atoms with Crippen LogP contribution in [0, 0.1) is 39.2 Å². The topological polar surface area (TPSA) is 441 Å². The zero-order chi connectivity index (χ0) is 68.1. The Morgan fingerprint density at radius 1 is 0.913 bits per heavy atom. The first-order chi connectivity index (χ1) is 42.3. The molecule has 0 radical (unpaired) electrons. The molecule has 1 saturated heterocycles. The molecule has 5 unspecified atom stereocenters. The highest BCUT2D eigenvalue weighted by molar-refractivity contribution is 7.86. The number of aliphatic hydroxyl groups is 1. The lowest BCUT2D eigenvalue weighted by atomic mass is 9.77. The fourth-order valence-corrected chi connectivity index (χ4v) is 16.6. The molecule has 2 aliphatic carbocycles. The van der Waals surface area contributed by atoms with Gasteiger partial charge in [-0.25, -0.2) is 18.5 Å². The predicted molar refractivity (Wildman–Crippen MR) is 325 cm³/mol. The van der Waals surface area contributed by atoms with E-state index in [1.165, 1.54) is 25.3 Å². The minimum Gasteiger partial charge on any atom is -0.495 e. The number of nitro benzene ring substituents is 1. The van der Waals surface area contributed by atoms with Gasteiger partial charge in [-0.3, -0.25) is 42.9 Å². The molecule has 0 saturated carbocycles. The molecule has 92 heavy (non-hydrogen) atoms. The number of phosphoric acid groups is 3. The van der Waals surface area contributed by atoms with E-state index in [0.717, 1.165) is 16.8 Å². The molecular weight excluding hydrogens is 1310 g/mol. The molecule has 34 heteroatoms. The molecule has 1 fully saturated rings. The lowest BCUT2D eigenvalue weighted by molar-refractivity contribution is -0.386. The Balaban J connectivity index is 0.959. The highest BCUT2D eigenvalue weighted by Crippen LogP contribution is 2.66. The van der Waals surface area contributed by atoms with Gasteiger partial charge in [-0.05, 0) is 80.2 Å². The molecule has 3 heterocycles. The van der Waals surface area contributed by atoms with Crippen LogP contribution < -0.4 is 31.2 Å². The maximum Gasteiger partial charge on any atom is 0.490 e. The van der Waals surface area contributed by atoms with Crippen molar-refractivity contribution in [3.05, 3.63) is 146 Å². The predicted octanol–water partition coefficient (Wildman–Crippen LogP) is 6.79. The number of benzene rings is 4. The number of carbonyl (C=O) groups excluding carboxylic acids is 1. The molecule has 0 amide bonds. The van der Waals surface area contributed by atoms with Gasteiger partial charge in [0.1, 0.15) is 27.9 Å². The van der Waals surface area contributed by atoms with Gasteiger partial charge < -0.3 is 43.6 Å². The summed E-state index contributed by atoms with van der Waals surface area (Å²) in [7, 11) is -26.0. The van der Waals surface area contributed by atoms with E-state index >= 15 is 0 Å². The Morgan fingerprint density at radius 3 is 2.16 bits per heavy atom. The lowest BCUT2D eigenvalue weighted by Gasteiger charge is -2.31. The monoisotopic (exact) mass is 1380 g/mol. The number of aromatic nitrogens is 2. The summed E-state index contributed by atoms with van der Waals surface area (Å²) < 4.78 is 148. The number of ether oxygens (including phenoxy) is 4. The van der Waals surface area contributed by atoms with Gasteiger partial charge in [-0.1, -0.05) is 104 Å². The molecule has 2 aliphatic heterocycles. The molecule has 29 nitrogen and oxygen atoms in total. The van der Waals surface area contributed by atoms with Crippen molar-refractivity contribution in [3.8, 4) is 29.1 Å². The van der Waals surface area contributed by atoms with Gasteiger partial charge in [0.05, 0.1) is 54.1 Å². The van der Waals surface area contributed by atoms with Crippen LogP contribution in [0.4, 0.5) is 5.69 Å². The second-order valence-electron chi connectivity index (χ2n) is 25.0. The fourth-order valence-electron chi connectivity index (χ4n) is 11.9. The molecule has 1 aromatic heterocycles. The minimum absolute atomic E-state index is 0.0128. The number of hydrogen-bond donors (Lipinski definition) is 8. The summed E-state index contributed by atoms with van der Waals surface area (Å²) in [6, 6.07) is 12.3. The third-order valence-electron chi connectivity index (χ3n) is 17.1. The molecular formula is C58H66N3O26P3S2. The number of Topliss-reactive ketones (excluding diaryl/α,β-unsaturated/α-hetero) is 1. The number of ketones is 1. The average molecular weight is 1380 g/mol. The zero-order valence-electron chi connectivity index (χ0n) is 50.9.